The van der Waals surface area contributed by atoms with Crippen LogP contribution >= 0.6 is 24.0 Å². The van der Waals surface area contributed by atoms with Crippen molar-refractivity contribution < 1.29 is 14.3 Å². The van der Waals surface area contributed by atoms with E-state index in [-0.39, 0.29) is 42.0 Å². The van der Waals surface area contributed by atoms with Gasteiger partial charge in [0.1, 0.15) is 6.10 Å². The Kier molecular flexibility index (Phi) is 12.5. The molecule has 7 nitrogen and oxygen atoms in total. The molecule has 1 amide bonds. The Bertz CT molecular complexity index is 876. The summed E-state index contributed by atoms with van der Waals surface area (Å²) in [6, 6.07) is 15.3. The lowest BCUT2D eigenvalue weighted by atomic mass is 10.1. The second-order valence-electron chi connectivity index (χ2n) is 7.37. The van der Waals surface area contributed by atoms with Gasteiger partial charge in [0.15, 0.2) is 17.5 Å². The first kappa shape index (κ1) is 27.5. The van der Waals surface area contributed by atoms with Crippen molar-refractivity contribution in [3.8, 4) is 11.5 Å². The fourth-order valence-corrected chi connectivity index (χ4v) is 2.85. The summed E-state index contributed by atoms with van der Waals surface area (Å²) in [7, 11) is 3.34. The zero-order valence-corrected chi connectivity index (χ0v) is 21.8. The molecule has 0 saturated carbocycles. The maximum Gasteiger partial charge on any atom is 0.251 e. The number of nitrogens with zero attached hydrogens (tertiary/aromatic N) is 1. The lowest BCUT2D eigenvalue weighted by molar-refractivity contribution is 0.0939. The van der Waals surface area contributed by atoms with Crippen LogP contribution < -0.4 is 25.4 Å². The minimum Gasteiger partial charge on any atom is -0.493 e. The molecule has 0 aliphatic heterocycles. The molecule has 176 valence electrons. The first-order chi connectivity index (χ1) is 15.0. The molecule has 2 rings (SSSR count). The van der Waals surface area contributed by atoms with Crippen LogP contribution in [0, 0.1) is 0 Å². The van der Waals surface area contributed by atoms with Crippen LogP contribution in [0.1, 0.15) is 43.1 Å². The van der Waals surface area contributed by atoms with Gasteiger partial charge in [0.25, 0.3) is 5.91 Å². The van der Waals surface area contributed by atoms with E-state index in [1.165, 1.54) is 0 Å². The Balaban J connectivity index is 0.00000512. The lowest BCUT2D eigenvalue weighted by Gasteiger charge is -2.19. The van der Waals surface area contributed by atoms with E-state index in [0.29, 0.717) is 36.1 Å². The minimum atomic E-state index is -0.0950. The maximum absolute atomic E-state index is 12.3. The largest absolute Gasteiger partial charge is 0.493 e. The van der Waals surface area contributed by atoms with Crippen molar-refractivity contribution in [3.63, 3.8) is 0 Å². The van der Waals surface area contributed by atoms with E-state index in [2.05, 4.69) is 20.9 Å². The van der Waals surface area contributed by atoms with Crippen molar-refractivity contribution in [2.75, 3.05) is 20.7 Å². The van der Waals surface area contributed by atoms with E-state index in [1.807, 2.05) is 69.3 Å². The third-order valence-corrected chi connectivity index (χ3v) is 4.82. The van der Waals surface area contributed by atoms with E-state index in [1.54, 1.807) is 14.2 Å². The van der Waals surface area contributed by atoms with Crippen molar-refractivity contribution in [2.24, 2.45) is 4.99 Å². The Morgan fingerprint density at radius 3 is 2.44 bits per heavy atom. The molecule has 2 atom stereocenters. The molecule has 0 spiro atoms. The molecule has 0 saturated heterocycles. The van der Waals surface area contributed by atoms with Gasteiger partial charge < -0.3 is 25.4 Å². The molecule has 0 aliphatic rings. The molecule has 0 fully saturated rings. The molecule has 0 bridgehead atoms. The Morgan fingerprint density at radius 2 is 1.78 bits per heavy atom. The van der Waals surface area contributed by atoms with E-state index in [4.69, 9.17) is 9.47 Å². The van der Waals surface area contributed by atoms with Crippen LogP contribution in [-0.2, 0) is 6.54 Å². The summed E-state index contributed by atoms with van der Waals surface area (Å²) in [6.07, 6.45) is 0.802. The zero-order valence-electron chi connectivity index (χ0n) is 19.5. The van der Waals surface area contributed by atoms with Crippen LogP contribution in [0.15, 0.2) is 53.5 Å². The van der Waals surface area contributed by atoms with E-state index < -0.39 is 0 Å². The van der Waals surface area contributed by atoms with Crippen molar-refractivity contribution in [1.29, 1.82) is 0 Å². The fraction of sp³-hybridized carbons (Fsp3) is 0.417. The highest BCUT2D eigenvalue weighted by Crippen LogP contribution is 2.26. The second-order valence-corrected chi connectivity index (χ2v) is 7.37. The Morgan fingerprint density at radius 1 is 1.06 bits per heavy atom. The molecule has 0 heterocycles. The number of para-hydroxylation sites is 2. The third kappa shape index (κ3) is 8.94. The number of carbonyl (C=O) groups is 1. The Labute approximate surface area is 208 Å². The van der Waals surface area contributed by atoms with Crippen molar-refractivity contribution in [2.45, 2.75) is 45.9 Å². The summed E-state index contributed by atoms with van der Waals surface area (Å²) in [6.45, 7) is 7.14. The molecule has 8 heteroatoms. The molecule has 0 aromatic heterocycles. The highest BCUT2D eigenvalue weighted by molar-refractivity contribution is 14.0. The minimum absolute atomic E-state index is 0. The molecule has 32 heavy (non-hydrogen) atoms. The number of methoxy groups -OCH3 is 1. The number of guanidine groups is 1. The van der Waals surface area contributed by atoms with Gasteiger partial charge in [0.05, 0.1) is 13.7 Å². The first-order valence-electron chi connectivity index (χ1n) is 10.6. The van der Waals surface area contributed by atoms with E-state index in [9.17, 15) is 4.79 Å². The summed E-state index contributed by atoms with van der Waals surface area (Å²) >= 11 is 0. The average molecular weight is 554 g/mol. The van der Waals surface area contributed by atoms with Gasteiger partial charge in [-0.3, -0.25) is 9.79 Å². The Hall–Kier alpha value is -2.49. The number of aliphatic imine (C=N–C) groups is 1. The van der Waals surface area contributed by atoms with E-state index in [0.717, 1.165) is 12.0 Å². The summed E-state index contributed by atoms with van der Waals surface area (Å²) < 4.78 is 11.3. The maximum atomic E-state index is 12.3. The second kappa shape index (κ2) is 14.5. The molecule has 2 unspecified atom stereocenters. The molecule has 0 aliphatic carbocycles. The monoisotopic (exact) mass is 554 g/mol. The van der Waals surface area contributed by atoms with Crippen LogP contribution in [0.5, 0.6) is 11.5 Å². The highest BCUT2D eigenvalue weighted by atomic mass is 127. The number of carbonyl (C=O) groups excluding carboxylic acids is 1. The van der Waals surface area contributed by atoms with Gasteiger partial charge in [-0.2, -0.15) is 0 Å². The number of nitrogens with one attached hydrogen (secondary N) is 3. The zero-order chi connectivity index (χ0) is 22.6. The van der Waals surface area contributed by atoms with Crippen LogP contribution in [-0.4, -0.2) is 44.7 Å². The van der Waals surface area contributed by atoms with Crippen LogP contribution in [0.25, 0.3) is 0 Å². The standard InChI is InChI=1S/C24H34N4O3.HI/c1-6-17(2)28-23(29)20-11-9-10-19(14-20)16-27-24(25-4)26-15-18(3)31-22-13-8-7-12-21(22)30-5;/h7-14,17-18H,6,15-16H2,1-5H3,(H,28,29)(H2,25,26,27);1H. The van der Waals surface area contributed by atoms with Crippen molar-refractivity contribution >= 4 is 35.8 Å². The number of amides is 1. The number of benzene rings is 2. The average Bonchev–Trinajstić information content (AvgIpc) is 2.79. The number of hydrogen-bond donors (Lipinski definition) is 3. The van der Waals surface area contributed by atoms with Gasteiger partial charge >= 0.3 is 0 Å². The van der Waals surface area contributed by atoms with Crippen LogP contribution in [0.4, 0.5) is 0 Å². The summed E-state index contributed by atoms with van der Waals surface area (Å²) in [5.41, 5.74) is 1.65. The van der Waals surface area contributed by atoms with Gasteiger partial charge in [-0.25, -0.2) is 0 Å². The van der Waals surface area contributed by atoms with Gasteiger partial charge in [-0.05, 0) is 50.1 Å². The van der Waals surface area contributed by atoms with Gasteiger partial charge in [0, 0.05) is 25.2 Å². The highest BCUT2D eigenvalue weighted by Gasteiger charge is 2.11. The quantitative estimate of drug-likeness (QED) is 0.235. The predicted octanol–water partition coefficient (Wildman–Crippen LogP) is 3.97. The predicted molar refractivity (Wildman–Crippen MR) is 140 cm³/mol. The van der Waals surface area contributed by atoms with Gasteiger partial charge in [-0.15, -0.1) is 24.0 Å². The van der Waals surface area contributed by atoms with Crippen molar-refractivity contribution in [1.82, 2.24) is 16.0 Å². The van der Waals surface area contributed by atoms with Crippen LogP contribution in [0.2, 0.25) is 0 Å². The summed E-state index contributed by atoms with van der Waals surface area (Å²) in [5.74, 6) is 2.01. The SMILES string of the molecule is CCC(C)NC(=O)c1cccc(CNC(=NC)NCC(C)Oc2ccccc2OC)c1.I. The molecule has 3 N–H and O–H groups in total. The molecule has 0 radical (unpaired) electrons. The molecular weight excluding hydrogens is 519 g/mol. The normalized spacial score (nSPS) is 12.7. The smallest absolute Gasteiger partial charge is 0.251 e. The number of hydrogen-bond acceptors (Lipinski definition) is 4. The summed E-state index contributed by atoms with van der Waals surface area (Å²) in [5, 5.41) is 9.53. The topological polar surface area (TPSA) is 84.0 Å². The number of rotatable bonds is 10. The summed E-state index contributed by atoms with van der Waals surface area (Å²) in [4.78, 5) is 16.6. The van der Waals surface area contributed by atoms with Crippen molar-refractivity contribution in [3.05, 3.63) is 59.7 Å². The third-order valence-electron chi connectivity index (χ3n) is 4.82. The number of halogens is 1. The number of ether oxygens (including phenoxy) is 2. The van der Waals surface area contributed by atoms with Gasteiger partial charge in [0.2, 0.25) is 0 Å². The van der Waals surface area contributed by atoms with E-state index >= 15 is 0 Å². The molecular formula is C24H35IN4O3. The fourth-order valence-electron chi connectivity index (χ4n) is 2.85. The lowest BCUT2D eigenvalue weighted by Crippen LogP contribution is -2.41. The van der Waals surface area contributed by atoms with Crippen LogP contribution in [0.3, 0.4) is 0 Å². The first-order valence-corrected chi connectivity index (χ1v) is 10.6. The van der Waals surface area contributed by atoms with Gasteiger partial charge in [-0.1, -0.05) is 31.2 Å². The molecule has 2 aromatic rings. The molecule has 2 aromatic carbocycles.